The molecule has 2 aromatic rings. The summed E-state index contributed by atoms with van der Waals surface area (Å²) >= 11 is 0. The molecule has 0 N–H and O–H groups in total. The number of hydrogen-bond acceptors (Lipinski definition) is 8. The van der Waals surface area contributed by atoms with E-state index in [4.69, 9.17) is 18.7 Å². The molecule has 0 saturated carbocycles. The molecule has 0 spiro atoms. The molecule has 35 heavy (non-hydrogen) atoms. The van der Waals surface area contributed by atoms with Crippen molar-refractivity contribution in [3.8, 4) is 11.3 Å². The second kappa shape index (κ2) is 9.51. The number of aromatic nitrogens is 1. The van der Waals surface area contributed by atoms with Crippen molar-refractivity contribution in [3.63, 3.8) is 0 Å². The first-order valence-corrected chi connectivity index (χ1v) is 13.3. The minimum atomic E-state index is -3.67. The summed E-state index contributed by atoms with van der Waals surface area (Å²) < 4.78 is 60.6. The fourth-order valence-corrected chi connectivity index (χ4v) is 5.27. The van der Waals surface area contributed by atoms with Gasteiger partial charge in [0.1, 0.15) is 22.0 Å². The summed E-state index contributed by atoms with van der Waals surface area (Å²) in [4.78, 5) is 13.9. The van der Waals surface area contributed by atoms with E-state index in [0.29, 0.717) is 48.9 Å². The van der Waals surface area contributed by atoms with Crippen molar-refractivity contribution >= 4 is 15.9 Å². The van der Waals surface area contributed by atoms with Crippen LogP contribution in [0.5, 0.6) is 0 Å². The molecular weight excluding hydrogens is 479 g/mol. The van der Waals surface area contributed by atoms with Crippen molar-refractivity contribution in [2.45, 2.75) is 50.9 Å². The van der Waals surface area contributed by atoms with Crippen LogP contribution in [0.4, 0.5) is 9.18 Å². The minimum absolute atomic E-state index is 0.000621. The van der Waals surface area contributed by atoms with Crippen molar-refractivity contribution in [2.24, 2.45) is 11.8 Å². The molecule has 3 heterocycles. The molecule has 2 aliphatic heterocycles. The van der Waals surface area contributed by atoms with Gasteiger partial charge in [0.25, 0.3) is 0 Å². The van der Waals surface area contributed by atoms with Gasteiger partial charge in [-0.15, -0.1) is 0 Å². The molecule has 1 aromatic carbocycles. The van der Waals surface area contributed by atoms with Gasteiger partial charge in [-0.25, -0.2) is 17.6 Å². The van der Waals surface area contributed by atoms with Gasteiger partial charge in [0.05, 0.1) is 25.9 Å². The lowest BCUT2D eigenvalue weighted by atomic mass is 9.84. The average molecular weight is 511 g/mol. The number of amides is 1. The monoisotopic (exact) mass is 510 g/mol. The lowest BCUT2D eigenvalue weighted by Crippen LogP contribution is -2.58. The number of nitrogens with zero attached hydrogens (tertiary/aromatic N) is 2. The maximum Gasteiger partial charge on any atom is 0.410 e. The lowest BCUT2D eigenvalue weighted by Gasteiger charge is -2.46. The van der Waals surface area contributed by atoms with Crippen LogP contribution in [0.2, 0.25) is 0 Å². The van der Waals surface area contributed by atoms with E-state index in [2.05, 4.69) is 5.16 Å². The van der Waals surface area contributed by atoms with Crippen molar-refractivity contribution in [3.05, 3.63) is 35.3 Å². The summed E-state index contributed by atoms with van der Waals surface area (Å²) in [6.45, 7) is 9.42. The molecule has 0 radical (unpaired) electrons. The van der Waals surface area contributed by atoms with Crippen LogP contribution in [0.25, 0.3) is 11.3 Å². The first-order valence-electron chi connectivity index (χ1n) is 11.5. The van der Waals surface area contributed by atoms with Crippen LogP contribution >= 0.6 is 0 Å². The zero-order chi connectivity index (χ0) is 25.5. The first-order chi connectivity index (χ1) is 16.3. The highest BCUT2D eigenvalue weighted by atomic mass is 32.2. The van der Waals surface area contributed by atoms with Gasteiger partial charge >= 0.3 is 6.09 Å². The van der Waals surface area contributed by atoms with E-state index in [-0.39, 0.29) is 35.5 Å². The number of carbonyl (C=O) groups excluding carboxylic acids is 1. The quantitative estimate of drug-likeness (QED) is 0.601. The number of hydrogen-bond donors (Lipinski definition) is 0. The number of carbonyl (C=O) groups is 1. The fourth-order valence-electron chi connectivity index (χ4n) is 4.54. The maximum absolute atomic E-state index is 14.4. The van der Waals surface area contributed by atoms with Gasteiger partial charge in [0, 0.05) is 42.3 Å². The molecule has 1 amide bonds. The van der Waals surface area contributed by atoms with E-state index in [9.17, 15) is 17.6 Å². The SMILES string of the molecule is Cc1c(COC2C3COCC2CN(C(=O)OC(C)(C)C)C3)noc1-c1ccc(S(C)(=O)=O)c(F)c1. The summed E-state index contributed by atoms with van der Waals surface area (Å²) in [5, 5.41) is 4.10. The lowest BCUT2D eigenvalue weighted by molar-refractivity contribution is -0.152. The average Bonchev–Trinajstić information content (AvgIpc) is 3.09. The van der Waals surface area contributed by atoms with Crippen LogP contribution in [0.1, 0.15) is 32.0 Å². The molecule has 4 rings (SSSR count). The third kappa shape index (κ3) is 5.68. The highest BCUT2D eigenvalue weighted by Crippen LogP contribution is 2.33. The largest absolute Gasteiger partial charge is 0.444 e. The first kappa shape index (κ1) is 25.6. The smallest absolute Gasteiger partial charge is 0.410 e. The van der Waals surface area contributed by atoms with Crippen LogP contribution in [0, 0.1) is 24.6 Å². The summed E-state index contributed by atoms with van der Waals surface area (Å²) in [7, 11) is -3.67. The summed E-state index contributed by atoms with van der Waals surface area (Å²) in [6, 6.07) is 3.84. The molecule has 2 atom stereocenters. The molecular formula is C24H31FN2O7S. The predicted molar refractivity (Wildman–Crippen MR) is 124 cm³/mol. The van der Waals surface area contributed by atoms with Gasteiger partial charge in [-0.05, 0) is 45.9 Å². The van der Waals surface area contributed by atoms with Gasteiger partial charge in [-0.3, -0.25) is 0 Å². The van der Waals surface area contributed by atoms with E-state index < -0.39 is 21.3 Å². The van der Waals surface area contributed by atoms with E-state index in [1.807, 2.05) is 20.8 Å². The van der Waals surface area contributed by atoms with Crippen LogP contribution in [0.15, 0.2) is 27.6 Å². The summed E-state index contributed by atoms with van der Waals surface area (Å²) in [5.74, 6) is -0.493. The number of halogens is 1. The Bertz CT molecular complexity index is 1190. The molecule has 0 aliphatic carbocycles. The Morgan fingerprint density at radius 2 is 1.89 bits per heavy atom. The van der Waals surface area contributed by atoms with Gasteiger partial charge < -0.3 is 23.6 Å². The Morgan fingerprint density at radius 1 is 1.23 bits per heavy atom. The molecule has 2 unspecified atom stereocenters. The van der Waals surface area contributed by atoms with Crippen molar-refractivity contribution in [1.82, 2.24) is 10.1 Å². The number of rotatable bonds is 5. The number of piperidine rings is 1. The molecule has 11 heteroatoms. The normalized spacial score (nSPS) is 22.8. The maximum atomic E-state index is 14.4. The Labute approximate surface area is 204 Å². The highest BCUT2D eigenvalue weighted by Gasteiger charge is 2.43. The zero-order valence-corrected chi connectivity index (χ0v) is 21.4. The second-order valence-electron chi connectivity index (χ2n) is 10.2. The Balaban J connectivity index is 1.44. The predicted octanol–water partition coefficient (Wildman–Crippen LogP) is 3.59. The molecule has 2 saturated heterocycles. The fraction of sp³-hybridized carbons (Fsp3) is 0.583. The zero-order valence-electron chi connectivity index (χ0n) is 20.5. The number of sulfone groups is 1. The Hall–Kier alpha value is -2.50. The number of likely N-dealkylation sites (tertiary alicyclic amines) is 1. The molecule has 2 fully saturated rings. The highest BCUT2D eigenvalue weighted by molar-refractivity contribution is 7.90. The third-order valence-corrected chi connectivity index (χ3v) is 7.31. The van der Waals surface area contributed by atoms with Gasteiger partial charge in [-0.2, -0.15) is 0 Å². The van der Waals surface area contributed by atoms with E-state index >= 15 is 0 Å². The molecule has 9 nitrogen and oxygen atoms in total. The van der Waals surface area contributed by atoms with Gasteiger partial charge in [0.15, 0.2) is 15.6 Å². The van der Waals surface area contributed by atoms with E-state index in [1.54, 1.807) is 11.8 Å². The van der Waals surface area contributed by atoms with Crippen molar-refractivity contribution < 1.29 is 36.3 Å². The Morgan fingerprint density at radius 3 is 2.46 bits per heavy atom. The van der Waals surface area contributed by atoms with Gasteiger partial charge in [0.2, 0.25) is 0 Å². The second-order valence-corrected chi connectivity index (χ2v) is 12.2. The van der Waals surface area contributed by atoms with Gasteiger partial charge in [-0.1, -0.05) is 5.16 Å². The topological polar surface area (TPSA) is 108 Å². The molecule has 2 aliphatic rings. The Kier molecular flexibility index (Phi) is 6.96. The molecule has 1 aromatic heterocycles. The molecule has 192 valence electrons. The number of ether oxygens (including phenoxy) is 3. The van der Waals surface area contributed by atoms with E-state index in [1.165, 1.54) is 12.1 Å². The van der Waals surface area contributed by atoms with Crippen molar-refractivity contribution in [2.75, 3.05) is 32.6 Å². The van der Waals surface area contributed by atoms with Crippen LogP contribution in [0.3, 0.4) is 0 Å². The number of benzene rings is 1. The summed E-state index contributed by atoms with van der Waals surface area (Å²) in [5.41, 5.74) is 1.08. The standard InChI is InChI=1S/C24H31FN2O7S/c1-14-19(26-34-21(14)15-6-7-20(18(25)8-15)35(5,29)30)13-32-22-16-9-27(10-17(22)12-31-11-16)23(28)33-24(2,3)4/h6-8,16-17,22H,9-13H2,1-5H3. The minimum Gasteiger partial charge on any atom is -0.444 e. The van der Waals surface area contributed by atoms with Crippen LogP contribution in [-0.2, 0) is 30.7 Å². The number of fused-ring (bicyclic) bond motifs is 2. The van der Waals surface area contributed by atoms with Crippen LogP contribution < -0.4 is 0 Å². The molecule has 2 bridgehead atoms. The summed E-state index contributed by atoms with van der Waals surface area (Å²) in [6.07, 6.45) is 0.506. The third-order valence-electron chi connectivity index (χ3n) is 6.18. The van der Waals surface area contributed by atoms with Crippen LogP contribution in [-0.4, -0.2) is 68.8 Å². The van der Waals surface area contributed by atoms with E-state index in [0.717, 1.165) is 12.3 Å². The van der Waals surface area contributed by atoms with Crippen molar-refractivity contribution in [1.29, 1.82) is 0 Å².